The lowest BCUT2D eigenvalue weighted by Crippen LogP contribution is -2.03. The van der Waals surface area contributed by atoms with Gasteiger partial charge in [0.15, 0.2) is 0 Å². The summed E-state index contributed by atoms with van der Waals surface area (Å²) >= 11 is 0. The summed E-state index contributed by atoms with van der Waals surface area (Å²) in [7, 11) is 3.58. The average molecular weight is 231 g/mol. The molecule has 1 heterocycles. The first-order chi connectivity index (χ1) is 8.24. The fourth-order valence-corrected chi connectivity index (χ4v) is 1.83. The molecule has 1 N–H and O–H groups in total. The van der Waals surface area contributed by atoms with E-state index in [1.165, 1.54) is 0 Å². The molecule has 0 aliphatic heterocycles. The van der Waals surface area contributed by atoms with Gasteiger partial charge in [0.25, 0.3) is 0 Å². The Morgan fingerprint density at radius 1 is 1.24 bits per heavy atom. The highest BCUT2D eigenvalue weighted by Crippen LogP contribution is 2.28. The minimum atomic E-state index is 0.745. The molecular weight excluding hydrogens is 214 g/mol. The molecule has 0 unspecified atom stereocenters. The van der Waals surface area contributed by atoms with Crippen LogP contribution in [-0.2, 0) is 6.54 Å². The van der Waals surface area contributed by atoms with Gasteiger partial charge in [-0.25, -0.2) is 0 Å². The van der Waals surface area contributed by atoms with Crippen molar-refractivity contribution in [2.45, 2.75) is 13.5 Å². The monoisotopic (exact) mass is 231 g/mol. The van der Waals surface area contributed by atoms with E-state index in [0.29, 0.717) is 0 Å². The summed E-state index contributed by atoms with van der Waals surface area (Å²) in [6.45, 7) is 2.80. The Hall–Kier alpha value is -1.74. The summed E-state index contributed by atoms with van der Waals surface area (Å²) in [6, 6.07) is 9.98. The molecule has 3 nitrogen and oxygen atoms in total. The minimum absolute atomic E-state index is 0.745. The molecule has 0 atom stereocenters. The van der Waals surface area contributed by atoms with Gasteiger partial charge in [0, 0.05) is 5.56 Å². The number of methoxy groups -OCH3 is 1. The van der Waals surface area contributed by atoms with Crippen molar-refractivity contribution in [2.75, 3.05) is 14.2 Å². The van der Waals surface area contributed by atoms with Crippen molar-refractivity contribution in [3.63, 3.8) is 0 Å². The van der Waals surface area contributed by atoms with Gasteiger partial charge in [-0.15, -0.1) is 0 Å². The van der Waals surface area contributed by atoms with Gasteiger partial charge in [0.1, 0.15) is 17.3 Å². The molecule has 0 spiro atoms. The Labute approximate surface area is 101 Å². The molecule has 0 fully saturated rings. The van der Waals surface area contributed by atoms with Crippen molar-refractivity contribution in [1.29, 1.82) is 0 Å². The lowest BCUT2D eigenvalue weighted by atomic mass is 10.1. The Morgan fingerprint density at radius 3 is 2.71 bits per heavy atom. The summed E-state index contributed by atoms with van der Waals surface area (Å²) in [5.74, 6) is 2.71. The average Bonchev–Trinajstić information content (AvgIpc) is 2.78. The van der Waals surface area contributed by atoms with Crippen molar-refractivity contribution in [3.05, 3.63) is 41.7 Å². The molecular formula is C14H17NO2. The molecule has 1 aromatic carbocycles. The first kappa shape index (κ1) is 11.7. The standard InChI is InChI=1S/C14H17NO2/c1-10-8-11(16-3)4-6-13(10)14-7-5-12(17-14)9-15-2/h4-8,15H,9H2,1-3H3. The molecule has 0 amide bonds. The summed E-state index contributed by atoms with van der Waals surface area (Å²) in [6.07, 6.45) is 0. The number of aryl methyl sites for hydroxylation is 1. The van der Waals surface area contributed by atoms with Crippen molar-refractivity contribution in [3.8, 4) is 17.1 Å². The number of furan rings is 1. The number of rotatable bonds is 4. The summed E-state index contributed by atoms with van der Waals surface area (Å²) < 4.78 is 11.0. The highest BCUT2D eigenvalue weighted by atomic mass is 16.5. The Bertz CT molecular complexity index is 503. The van der Waals surface area contributed by atoms with Crippen LogP contribution in [0.2, 0.25) is 0 Å². The van der Waals surface area contributed by atoms with E-state index < -0.39 is 0 Å². The molecule has 2 aromatic rings. The third kappa shape index (κ3) is 2.50. The normalized spacial score (nSPS) is 10.5. The molecule has 0 aliphatic carbocycles. The molecule has 1 aromatic heterocycles. The van der Waals surface area contributed by atoms with Crippen LogP contribution in [0.15, 0.2) is 34.7 Å². The van der Waals surface area contributed by atoms with E-state index in [0.717, 1.165) is 34.9 Å². The molecule has 2 rings (SSSR count). The van der Waals surface area contributed by atoms with E-state index >= 15 is 0 Å². The van der Waals surface area contributed by atoms with Crippen LogP contribution in [0.3, 0.4) is 0 Å². The molecule has 17 heavy (non-hydrogen) atoms. The van der Waals surface area contributed by atoms with E-state index in [1.807, 2.05) is 37.4 Å². The van der Waals surface area contributed by atoms with Crippen LogP contribution in [-0.4, -0.2) is 14.2 Å². The van der Waals surface area contributed by atoms with E-state index in [4.69, 9.17) is 9.15 Å². The fraction of sp³-hybridized carbons (Fsp3) is 0.286. The largest absolute Gasteiger partial charge is 0.497 e. The van der Waals surface area contributed by atoms with Crippen molar-refractivity contribution >= 4 is 0 Å². The van der Waals surface area contributed by atoms with Crippen LogP contribution >= 0.6 is 0 Å². The van der Waals surface area contributed by atoms with Crippen LogP contribution < -0.4 is 10.1 Å². The molecule has 90 valence electrons. The summed E-state index contributed by atoms with van der Waals surface area (Å²) in [5.41, 5.74) is 2.25. The van der Waals surface area contributed by atoms with Crippen LogP contribution in [0, 0.1) is 6.92 Å². The minimum Gasteiger partial charge on any atom is -0.497 e. The Morgan fingerprint density at radius 2 is 2.06 bits per heavy atom. The van der Waals surface area contributed by atoms with Crippen molar-refractivity contribution in [1.82, 2.24) is 5.32 Å². The van der Waals surface area contributed by atoms with E-state index in [9.17, 15) is 0 Å². The van der Waals surface area contributed by atoms with Crippen LogP contribution in [0.5, 0.6) is 5.75 Å². The maximum absolute atomic E-state index is 5.76. The predicted octanol–water partition coefficient (Wildman–Crippen LogP) is 2.98. The molecule has 0 saturated heterocycles. The number of hydrogen-bond acceptors (Lipinski definition) is 3. The van der Waals surface area contributed by atoms with E-state index in [-0.39, 0.29) is 0 Å². The number of ether oxygens (including phenoxy) is 1. The van der Waals surface area contributed by atoms with E-state index in [1.54, 1.807) is 7.11 Å². The quantitative estimate of drug-likeness (QED) is 0.878. The number of benzene rings is 1. The molecule has 0 bridgehead atoms. The second-order valence-electron chi connectivity index (χ2n) is 3.98. The van der Waals surface area contributed by atoms with Crippen LogP contribution in [0.1, 0.15) is 11.3 Å². The second kappa shape index (κ2) is 5.06. The third-order valence-corrected chi connectivity index (χ3v) is 2.71. The lowest BCUT2D eigenvalue weighted by Gasteiger charge is -2.05. The van der Waals surface area contributed by atoms with Gasteiger partial charge in [0.2, 0.25) is 0 Å². The van der Waals surface area contributed by atoms with Crippen LogP contribution in [0.25, 0.3) is 11.3 Å². The van der Waals surface area contributed by atoms with Gasteiger partial charge in [-0.3, -0.25) is 0 Å². The lowest BCUT2D eigenvalue weighted by molar-refractivity contribution is 0.414. The SMILES string of the molecule is CNCc1ccc(-c2ccc(OC)cc2C)o1. The maximum atomic E-state index is 5.76. The van der Waals surface area contributed by atoms with Crippen molar-refractivity contribution < 1.29 is 9.15 Å². The van der Waals surface area contributed by atoms with Gasteiger partial charge in [-0.1, -0.05) is 0 Å². The van der Waals surface area contributed by atoms with Gasteiger partial charge < -0.3 is 14.5 Å². The van der Waals surface area contributed by atoms with Crippen LogP contribution in [0.4, 0.5) is 0 Å². The summed E-state index contributed by atoms with van der Waals surface area (Å²) in [5, 5.41) is 3.07. The first-order valence-corrected chi connectivity index (χ1v) is 5.63. The van der Waals surface area contributed by atoms with Gasteiger partial charge in [-0.2, -0.15) is 0 Å². The summed E-state index contributed by atoms with van der Waals surface area (Å²) in [4.78, 5) is 0. The number of nitrogens with one attached hydrogen (secondary N) is 1. The molecule has 0 aliphatic rings. The third-order valence-electron chi connectivity index (χ3n) is 2.71. The highest BCUT2D eigenvalue weighted by Gasteiger charge is 2.07. The predicted molar refractivity (Wildman–Crippen MR) is 68.2 cm³/mol. The smallest absolute Gasteiger partial charge is 0.134 e. The maximum Gasteiger partial charge on any atom is 0.134 e. The second-order valence-corrected chi connectivity index (χ2v) is 3.98. The Balaban J connectivity index is 2.32. The van der Waals surface area contributed by atoms with Gasteiger partial charge >= 0.3 is 0 Å². The zero-order chi connectivity index (χ0) is 12.3. The van der Waals surface area contributed by atoms with Crippen molar-refractivity contribution in [2.24, 2.45) is 0 Å². The Kier molecular flexibility index (Phi) is 3.49. The zero-order valence-electron chi connectivity index (χ0n) is 10.4. The molecule has 0 radical (unpaired) electrons. The first-order valence-electron chi connectivity index (χ1n) is 5.63. The highest BCUT2D eigenvalue weighted by molar-refractivity contribution is 5.63. The number of hydrogen-bond donors (Lipinski definition) is 1. The molecule has 0 saturated carbocycles. The van der Waals surface area contributed by atoms with E-state index in [2.05, 4.69) is 12.2 Å². The molecule has 3 heteroatoms. The fourth-order valence-electron chi connectivity index (χ4n) is 1.83. The van der Waals surface area contributed by atoms with Gasteiger partial charge in [0.05, 0.1) is 13.7 Å². The van der Waals surface area contributed by atoms with Gasteiger partial charge in [-0.05, 0) is 49.9 Å². The topological polar surface area (TPSA) is 34.4 Å². The zero-order valence-corrected chi connectivity index (χ0v) is 10.4.